The maximum Gasteiger partial charge on any atom is 0.271 e. The van der Waals surface area contributed by atoms with E-state index in [9.17, 15) is 4.79 Å². The third-order valence-corrected chi connectivity index (χ3v) is 3.75. The van der Waals surface area contributed by atoms with Crippen LogP contribution in [0.5, 0.6) is 0 Å². The maximum atomic E-state index is 12.7. The summed E-state index contributed by atoms with van der Waals surface area (Å²) in [7, 11) is 1.84. The molecule has 20 heavy (non-hydrogen) atoms. The van der Waals surface area contributed by atoms with Crippen molar-refractivity contribution in [3.05, 3.63) is 53.1 Å². The third-order valence-electron chi connectivity index (χ3n) is 3.54. The average Bonchev–Trinajstić information content (AvgIpc) is 3.22. The molecule has 0 unspecified atom stereocenters. The molecule has 4 nitrogen and oxygen atoms in total. The van der Waals surface area contributed by atoms with E-state index < -0.39 is 0 Å². The first-order valence-corrected chi connectivity index (χ1v) is 7.04. The molecule has 0 spiro atoms. The van der Waals surface area contributed by atoms with Crippen molar-refractivity contribution in [3.63, 3.8) is 0 Å². The van der Waals surface area contributed by atoms with Gasteiger partial charge in [0, 0.05) is 38.2 Å². The highest BCUT2D eigenvalue weighted by atomic mass is 35.5. The van der Waals surface area contributed by atoms with Crippen LogP contribution in [0.1, 0.15) is 28.9 Å². The molecule has 0 N–H and O–H groups in total. The molecular weight excluding hydrogens is 274 g/mol. The second-order valence-electron chi connectivity index (χ2n) is 5.17. The van der Waals surface area contributed by atoms with E-state index in [-0.39, 0.29) is 5.91 Å². The smallest absolute Gasteiger partial charge is 0.271 e. The lowest BCUT2D eigenvalue weighted by molar-refractivity contribution is 0.0720. The Morgan fingerprint density at radius 2 is 2.15 bits per heavy atom. The molecular formula is C15H16ClN3O. The lowest BCUT2D eigenvalue weighted by Gasteiger charge is -2.22. The van der Waals surface area contributed by atoms with Gasteiger partial charge in [0.15, 0.2) is 0 Å². The highest BCUT2D eigenvalue weighted by Gasteiger charge is 2.34. The summed E-state index contributed by atoms with van der Waals surface area (Å²) >= 11 is 5.97. The Morgan fingerprint density at radius 1 is 1.45 bits per heavy atom. The molecule has 2 aromatic rings. The standard InChI is InChI=1S/C15H16ClN3O/c1-18-10-12(16)8-14(18)15(20)19(13-2-3-13)9-11-4-6-17-7-5-11/h4-8,10,13H,2-3,9H2,1H3. The van der Waals surface area contributed by atoms with Gasteiger partial charge in [-0.15, -0.1) is 0 Å². The van der Waals surface area contributed by atoms with E-state index >= 15 is 0 Å². The third kappa shape index (κ3) is 2.70. The predicted octanol–water partition coefficient (Wildman–Crippen LogP) is 2.88. The lowest BCUT2D eigenvalue weighted by atomic mass is 10.2. The summed E-state index contributed by atoms with van der Waals surface area (Å²) in [5.41, 5.74) is 1.73. The van der Waals surface area contributed by atoms with Crippen molar-refractivity contribution in [2.75, 3.05) is 0 Å². The van der Waals surface area contributed by atoms with Crippen molar-refractivity contribution in [1.82, 2.24) is 14.5 Å². The monoisotopic (exact) mass is 289 g/mol. The van der Waals surface area contributed by atoms with Gasteiger partial charge in [0.05, 0.1) is 5.02 Å². The van der Waals surface area contributed by atoms with Gasteiger partial charge in [-0.05, 0) is 36.6 Å². The summed E-state index contributed by atoms with van der Waals surface area (Å²) in [6, 6.07) is 5.97. The number of aromatic nitrogens is 2. The molecule has 2 heterocycles. The van der Waals surface area contributed by atoms with Crippen LogP contribution in [-0.4, -0.2) is 26.4 Å². The van der Waals surface area contributed by atoms with Crippen LogP contribution in [-0.2, 0) is 13.6 Å². The Hall–Kier alpha value is -1.81. The predicted molar refractivity (Wildman–Crippen MR) is 77.6 cm³/mol. The zero-order valence-electron chi connectivity index (χ0n) is 11.3. The molecule has 1 aliphatic rings. The first-order chi connectivity index (χ1) is 9.65. The van der Waals surface area contributed by atoms with Crippen molar-refractivity contribution < 1.29 is 4.79 Å². The van der Waals surface area contributed by atoms with Crippen LogP contribution in [0.25, 0.3) is 0 Å². The Labute approximate surface area is 123 Å². The minimum Gasteiger partial charge on any atom is -0.345 e. The van der Waals surface area contributed by atoms with Gasteiger partial charge < -0.3 is 9.47 Å². The van der Waals surface area contributed by atoms with Crippen molar-refractivity contribution >= 4 is 17.5 Å². The first-order valence-electron chi connectivity index (χ1n) is 6.67. The fourth-order valence-corrected chi connectivity index (χ4v) is 2.57. The summed E-state index contributed by atoms with van der Waals surface area (Å²) in [6.07, 6.45) is 7.42. The number of hydrogen-bond donors (Lipinski definition) is 0. The summed E-state index contributed by atoms with van der Waals surface area (Å²) in [5.74, 6) is 0.0405. The minimum absolute atomic E-state index is 0.0405. The van der Waals surface area contributed by atoms with E-state index in [0.717, 1.165) is 18.4 Å². The second kappa shape index (κ2) is 5.29. The number of aryl methyl sites for hydroxylation is 1. The van der Waals surface area contributed by atoms with Crippen LogP contribution in [0.4, 0.5) is 0 Å². The first kappa shape index (κ1) is 13.2. The largest absolute Gasteiger partial charge is 0.345 e. The molecule has 1 aliphatic carbocycles. The maximum absolute atomic E-state index is 12.7. The molecule has 0 saturated heterocycles. The molecule has 0 aliphatic heterocycles. The van der Waals surface area contributed by atoms with E-state index in [0.29, 0.717) is 23.3 Å². The van der Waals surface area contributed by atoms with Gasteiger partial charge in [-0.2, -0.15) is 0 Å². The number of hydrogen-bond acceptors (Lipinski definition) is 2. The van der Waals surface area contributed by atoms with Gasteiger partial charge in [-0.25, -0.2) is 0 Å². The number of carbonyl (C=O) groups is 1. The molecule has 3 rings (SSSR count). The summed E-state index contributed by atoms with van der Waals surface area (Å²) in [4.78, 5) is 18.6. The summed E-state index contributed by atoms with van der Waals surface area (Å²) < 4.78 is 1.78. The highest BCUT2D eigenvalue weighted by Crippen LogP contribution is 2.30. The van der Waals surface area contributed by atoms with Crippen molar-refractivity contribution in [3.8, 4) is 0 Å². The van der Waals surface area contributed by atoms with Crippen molar-refractivity contribution in [2.24, 2.45) is 7.05 Å². The van der Waals surface area contributed by atoms with E-state index in [4.69, 9.17) is 11.6 Å². The van der Waals surface area contributed by atoms with Crippen LogP contribution in [0.15, 0.2) is 36.8 Å². The fourth-order valence-electron chi connectivity index (χ4n) is 2.32. The molecule has 2 aromatic heterocycles. The number of pyridine rings is 1. The van der Waals surface area contributed by atoms with Gasteiger partial charge >= 0.3 is 0 Å². The summed E-state index contributed by atoms with van der Waals surface area (Å²) in [6.45, 7) is 0.620. The normalized spacial score (nSPS) is 14.3. The quantitative estimate of drug-likeness (QED) is 0.868. The number of rotatable bonds is 4. The number of nitrogens with zero attached hydrogens (tertiary/aromatic N) is 3. The molecule has 0 atom stereocenters. The van der Waals surface area contributed by atoms with Crippen LogP contribution in [0.2, 0.25) is 5.02 Å². The van der Waals surface area contributed by atoms with Gasteiger partial charge in [0.2, 0.25) is 0 Å². The molecule has 0 bridgehead atoms. The summed E-state index contributed by atoms with van der Waals surface area (Å²) in [5, 5.41) is 0.593. The van der Waals surface area contributed by atoms with Gasteiger partial charge in [0.1, 0.15) is 5.69 Å². The van der Waals surface area contributed by atoms with E-state index in [1.165, 1.54) is 0 Å². The minimum atomic E-state index is 0.0405. The zero-order valence-corrected chi connectivity index (χ0v) is 12.0. The van der Waals surface area contributed by atoms with Gasteiger partial charge in [-0.1, -0.05) is 11.6 Å². The topological polar surface area (TPSA) is 38.1 Å². The van der Waals surface area contributed by atoms with E-state index in [1.807, 2.05) is 24.1 Å². The molecule has 1 fully saturated rings. The number of halogens is 1. The van der Waals surface area contributed by atoms with E-state index in [1.54, 1.807) is 29.2 Å². The Balaban J connectivity index is 1.84. The number of amides is 1. The second-order valence-corrected chi connectivity index (χ2v) is 5.61. The lowest BCUT2D eigenvalue weighted by Crippen LogP contribution is -2.33. The fraction of sp³-hybridized carbons (Fsp3) is 0.333. The Bertz CT molecular complexity index is 619. The van der Waals surface area contributed by atoms with Crippen molar-refractivity contribution in [1.29, 1.82) is 0 Å². The molecule has 104 valence electrons. The van der Waals surface area contributed by atoms with E-state index in [2.05, 4.69) is 4.98 Å². The molecule has 1 amide bonds. The zero-order chi connectivity index (χ0) is 14.1. The average molecular weight is 290 g/mol. The Kier molecular flexibility index (Phi) is 3.49. The van der Waals surface area contributed by atoms with Crippen LogP contribution < -0.4 is 0 Å². The molecule has 5 heteroatoms. The SMILES string of the molecule is Cn1cc(Cl)cc1C(=O)N(Cc1ccncc1)C1CC1. The highest BCUT2D eigenvalue weighted by molar-refractivity contribution is 6.31. The van der Waals surface area contributed by atoms with Gasteiger partial charge in [0.25, 0.3) is 5.91 Å². The molecule has 0 aromatic carbocycles. The molecule has 1 saturated carbocycles. The molecule has 0 radical (unpaired) electrons. The Morgan fingerprint density at radius 3 is 2.70 bits per heavy atom. The van der Waals surface area contributed by atoms with Gasteiger partial charge in [-0.3, -0.25) is 9.78 Å². The van der Waals surface area contributed by atoms with Crippen molar-refractivity contribution in [2.45, 2.75) is 25.4 Å². The number of carbonyl (C=O) groups excluding carboxylic acids is 1. The van der Waals surface area contributed by atoms with Crippen LogP contribution in [0.3, 0.4) is 0 Å². The van der Waals surface area contributed by atoms with Crippen LogP contribution in [0, 0.1) is 0 Å². The van der Waals surface area contributed by atoms with Crippen LogP contribution >= 0.6 is 11.6 Å².